The van der Waals surface area contributed by atoms with Gasteiger partial charge in [0.05, 0.1) is 49.0 Å². The molecule has 0 fully saturated rings. The van der Waals surface area contributed by atoms with E-state index in [1.165, 1.54) is 24.3 Å². The van der Waals surface area contributed by atoms with E-state index in [0.717, 1.165) is 82.6 Å². The number of para-hydroxylation sites is 3. The topological polar surface area (TPSA) is 85.6 Å². The first-order chi connectivity index (χ1) is 27.5. The Morgan fingerprint density at radius 3 is 1.61 bits per heavy atom. The van der Waals surface area contributed by atoms with Crippen LogP contribution in [0.5, 0.6) is 0 Å². The standard InChI is InChI=1S/C48H29N5O2S/c49-30-31-17-21-35(22-18-31)56(54,55)36-23-19-34(20-24-36)53-46-37(25-27-42-44(46)39-14-7-8-16-41(39)51(42)32-10-3-1-4-11-32)38-26-28-43-45(47(38)53)40-15-9-29-50-48(40)52(43)33-12-5-2-6-13-33/h1-29H. The number of nitriles is 1. The highest BCUT2D eigenvalue weighted by Crippen LogP contribution is 2.46. The fraction of sp³-hybridized carbons (Fsp3) is 0. The normalized spacial score (nSPS) is 12.1. The molecule has 0 amide bonds. The van der Waals surface area contributed by atoms with Crippen molar-refractivity contribution in [1.29, 1.82) is 5.26 Å². The predicted molar refractivity (Wildman–Crippen MR) is 224 cm³/mol. The number of nitrogens with zero attached hydrogens (tertiary/aromatic N) is 5. The number of hydrogen-bond donors (Lipinski definition) is 0. The Morgan fingerprint density at radius 2 is 0.964 bits per heavy atom. The Morgan fingerprint density at radius 1 is 0.446 bits per heavy atom. The molecule has 0 aliphatic heterocycles. The summed E-state index contributed by atoms with van der Waals surface area (Å²) < 4.78 is 34.6. The summed E-state index contributed by atoms with van der Waals surface area (Å²) in [4.78, 5) is 5.24. The second-order valence-electron chi connectivity index (χ2n) is 13.9. The third-order valence-corrected chi connectivity index (χ3v) is 12.7. The molecule has 0 radical (unpaired) electrons. The molecule has 56 heavy (non-hydrogen) atoms. The Bertz CT molecular complexity index is 3350. The summed E-state index contributed by atoms with van der Waals surface area (Å²) in [5, 5.41) is 15.7. The van der Waals surface area contributed by atoms with Crippen molar-refractivity contribution in [2.24, 2.45) is 0 Å². The van der Waals surface area contributed by atoms with E-state index in [1.807, 2.05) is 48.7 Å². The Balaban J connectivity index is 1.29. The predicted octanol–water partition coefficient (Wildman–Crippen LogP) is 11.1. The van der Waals surface area contributed by atoms with Gasteiger partial charge in [-0.1, -0.05) is 66.7 Å². The summed E-state index contributed by atoms with van der Waals surface area (Å²) in [5.74, 6) is 0. The van der Waals surface area contributed by atoms with Crippen LogP contribution in [0.15, 0.2) is 186 Å². The molecule has 11 aromatic rings. The fourth-order valence-corrected chi connectivity index (χ4v) is 9.80. The highest BCUT2D eigenvalue weighted by atomic mass is 32.2. The van der Waals surface area contributed by atoms with Gasteiger partial charge in [0.15, 0.2) is 0 Å². The van der Waals surface area contributed by atoms with Crippen molar-refractivity contribution >= 4 is 75.4 Å². The minimum atomic E-state index is -3.85. The van der Waals surface area contributed by atoms with Crippen LogP contribution in [0.4, 0.5) is 0 Å². The zero-order valence-electron chi connectivity index (χ0n) is 29.7. The van der Waals surface area contributed by atoms with E-state index in [1.54, 1.807) is 12.1 Å². The van der Waals surface area contributed by atoms with Crippen LogP contribution in [0.25, 0.3) is 82.6 Å². The lowest BCUT2D eigenvalue weighted by Gasteiger charge is -2.12. The molecule has 0 bridgehead atoms. The fourth-order valence-electron chi connectivity index (χ4n) is 8.54. The van der Waals surface area contributed by atoms with Crippen molar-refractivity contribution in [2.45, 2.75) is 9.79 Å². The van der Waals surface area contributed by atoms with Crippen molar-refractivity contribution in [3.05, 3.63) is 182 Å². The van der Waals surface area contributed by atoms with Crippen LogP contribution in [0, 0.1) is 11.3 Å². The van der Waals surface area contributed by atoms with E-state index in [9.17, 15) is 13.7 Å². The number of benzene rings is 7. The molecule has 0 N–H and O–H groups in total. The summed E-state index contributed by atoms with van der Waals surface area (Å²) in [7, 11) is -3.85. The van der Waals surface area contributed by atoms with E-state index >= 15 is 0 Å². The molecule has 0 aliphatic carbocycles. The quantitative estimate of drug-likeness (QED) is 0.176. The van der Waals surface area contributed by atoms with Gasteiger partial charge in [-0.05, 0) is 103 Å². The van der Waals surface area contributed by atoms with E-state index < -0.39 is 9.84 Å². The molecule has 0 spiro atoms. The van der Waals surface area contributed by atoms with Crippen LogP contribution in [0.2, 0.25) is 0 Å². The molecule has 7 aromatic carbocycles. The molecule has 8 heteroatoms. The van der Waals surface area contributed by atoms with Crippen molar-refractivity contribution < 1.29 is 8.42 Å². The number of hydrogen-bond acceptors (Lipinski definition) is 4. The molecule has 264 valence electrons. The Kier molecular flexibility index (Phi) is 6.87. The molecule has 7 nitrogen and oxygen atoms in total. The van der Waals surface area contributed by atoms with Crippen LogP contribution in [0.3, 0.4) is 0 Å². The lowest BCUT2D eigenvalue weighted by Crippen LogP contribution is -2.03. The van der Waals surface area contributed by atoms with Gasteiger partial charge in [0.1, 0.15) is 5.65 Å². The van der Waals surface area contributed by atoms with Gasteiger partial charge in [-0.3, -0.25) is 4.57 Å². The third kappa shape index (κ3) is 4.49. The number of pyridine rings is 1. The molecule has 0 saturated heterocycles. The minimum Gasteiger partial charge on any atom is -0.309 e. The summed E-state index contributed by atoms with van der Waals surface area (Å²) in [6.07, 6.45) is 1.84. The van der Waals surface area contributed by atoms with Gasteiger partial charge < -0.3 is 9.13 Å². The van der Waals surface area contributed by atoms with Crippen LogP contribution in [-0.2, 0) is 9.84 Å². The molecule has 4 aromatic heterocycles. The monoisotopic (exact) mass is 739 g/mol. The van der Waals surface area contributed by atoms with Gasteiger partial charge in [0.2, 0.25) is 9.84 Å². The SMILES string of the molecule is N#Cc1ccc(S(=O)(=O)c2ccc(-n3c4c(ccc5c4c4ccccc4n5-c4ccccc4)c4ccc5c(c6cccnc6n5-c5ccccc5)c43)cc2)cc1. The largest absolute Gasteiger partial charge is 0.309 e. The average Bonchev–Trinajstić information content (AvgIpc) is 3.90. The molecular weight excluding hydrogens is 711 g/mol. The number of fused-ring (bicyclic) bond motifs is 11. The maximum Gasteiger partial charge on any atom is 0.206 e. The lowest BCUT2D eigenvalue weighted by molar-refractivity contribution is 0.596. The smallest absolute Gasteiger partial charge is 0.206 e. The van der Waals surface area contributed by atoms with Crippen LogP contribution in [-0.4, -0.2) is 27.1 Å². The molecule has 0 atom stereocenters. The summed E-state index contributed by atoms with van der Waals surface area (Å²) in [6, 6.07) is 57.5. The average molecular weight is 740 g/mol. The zero-order chi connectivity index (χ0) is 37.5. The van der Waals surface area contributed by atoms with Gasteiger partial charge in [0, 0.05) is 55.6 Å². The Hall–Kier alpha value is -7.47. The van der Waals surface area contributed by atoms with Gasteiger partial charge in [0.25, 0.3) is 0 Å². The molecular formula is C48H29N5O2S. The number of aromatic nitrogens is 4. The van der Waals surface area contributed by atoms with Gasteiger partial charge in [-0.15, -0.1) is 0 Å². The highest BCUT2D eigenvalue weighted by Gasteiger charge is 2.25. The maximum atomic E-state index is 13.9. The Labute approximate surface area is 321 Å². The van der Waals surface area contributed by atoms with Gasteiger partial charge >= 0.3 is 0 Å². The summed E-state index contributed by atoms with van der Waals surface area (Å²) in [6.45, 7) is 0. The lowest BCUT2D eigenvalue weighted by atomic mass is 10.1. The molecule has 4 heterocycles. The van der Waals surface area contributed by atoms with E-state index in [0.29, 0.717) is 5.56 Å². The summed E-state index contributed by atoms with van der Waals surface area (Å²) in [5.41, 5.74) is 9.38. The van der Waals surface area contributed by atoms with Crippen LogP contribution >= 0.6 is 0 Å². The second kappa shape index (κ2) is 12.0. The molecule has 0 unspecified atom stereocenters. The summed E-state index contributed by atoms with van der Waals surface area (Å²) >= 11 is 0. The first-order valence-electron chi connectivity index (χ1n) is 18.3. The van der Waals surface area contributed by atoms with E-state index in [4.69, 9.17) is 4.98 Å². The molecule has 11 rings (SSSR count). The maximum absolute atomic E-state index is 13.9. The van der Waals surface area contributed by atoms with E-state index in [2.05, 4.69) is 111 Å². The van der Waals surface area contributed by atoms with Crippen LogP contribution < -0.4 is 0 Å². The first kappa shape index (κ1) is 32.0. The number of rotatable bonds is 5. The van der Waals surface area contributed by atoms with Crippen molar-refractivity contribution in [1.82, 2.24) is 18.7 Å². The molecule has 0 aliphatic rings. The van der Waals surface area contributed by atoms with Crippen molar-refractivity contribution in [3.63, 3.8) is 0 Å². The van der Waals surface area contributed by atoms with Crippen LogP contribution in [0.1, 0.15) is 5.56 Å². The zero-order valence-corrected chi connectivity index (χ0v) is 30.5. The van der Waals surface area contributed by atoms with E-state index in [-0.39, 0.29) is 9.79 Å². The van der Waals surface area contributed by atoms with Gasteiger partial charge in [-0.25, -0.2) is 13.4 Å². The second-order valence-corrected chi connectivity index (χ2v) is 15.9. The minimum absolute atomic E-state index is 0.138. The van der Waals surface area contributed by atoms with Crippen molar-refractivity contribution in [3.8, 4) is 23.1 Å². The highest BCUT2D eigenvalue weighted by molar-refractivity contribution is 7.91. The third-order valence-electron chi connectivity index (χ3n) is 10.9. The number of sulfone groups is 1. The molecule has 0 saturated carbocycles. The first-order valence-corrected chi connectivity index (χ1v) is 19.8. The van der Waals surface area contributed by atoms with Gasteiger partial charge in [-0.2, -0.15) is 5.26 Å². The van der Waals surface area contributed by atoms with Crippen molar-refractivity contribution in [2.75, 3.05) is 0 Å².